The topological polar surface area (TPSA) is 61.1 Å². The summed E-state index contributed by atoms with van der Waals surface area (Å²) in [6.07, 6.45) is 9.91. The van der Waals surface area contributed by atoms with Gasteiger partial charge in [0.25, 0.3) is 0 Å². The fraction of sp³-hybridized carbons (Fsp3) is 0.714. The molecule has 3 nitrogen and oxygen atoms in total. The number of allylic oxidation sites excluding steroid dienone is 2. The Bertz CT molecular complexity index is 684. The van der Waals surface area contributed by atoms with Crippen LogP contribution in [0.3, 0.4) is 0 Å². The highest BCUT2D eigenvalue weighted by atomic mass is 16.2. The molecule has 3 fully saturated rings. The lowest BCUT2D eigenvalue weighted by atomic mass is 9.48. The highest BCUT2D eigenvalue weighted by molar-refractivity contribution is 5.92. The van der Waals surface area contributed by atoms with Gasteiger partial charge in [-0.05, 0) is 91.8 Å². The number of hydrogen-bond donors (Lipinski definition) is 1. The van der Waals surface area contributed by atoms with Crippen LogP contribution in [0.4, 0.5) is 0 Å². The molecule has 6 atom stereocenters. The first kappa shape index (κ1) is 15.9. The SMILES string of the molecule is C[C@]1(C#N)CC[C@H]2[C@@H]3CC(=CO)C4=CC(=O)CC[C@@H]4[C@H]3CC[C@@]21C. The third-order valence-electron chi connectivity index (χ3n) is 8.26. The molecule has 24 heavy (non-hydrogen) atoms. The van der Waals surface area contributed by atoms with Crippen molar-refractivity contribution in [3.63, 3.8) is 0 Å². The average Bonchev–Trinajstić information content (AvgIpc) is 2.86. The molecule has 0 aromatic rings. The fourth-order valence-corrected chi connectivity index (χ4v) is 6.64. The molecule has 0 unspecified atom stereocenters. The molecule has 0 saturated heterocycles. The summed E-state index contributed by atoms with van der Waals surface area (Å²) in [6.45, 7) is 4.49. The normalized spacial score (nSPS) is 49.0. The number of carbonyl (C=O) groups excluding carboxylic acids is 1. The monoisotopic (exact) mass is 325 g/mol. The second-order valence-electron chi connectivity index (χ2n) is 8.94. The molecular formula is C21H27NO2. The number of ketones is 1. The van der Waals surface area contributed by atoms with Gasteiger partial charge in [0.1, 0.15) is 0 Å². The summed E-state index contributed by atoms with van der Waals surface area (Å²) in [7, 11) is 0. The maximum absolute atomic E-state index is 11.9. The van der Waals surface area contributed by atoms with Crippen molar-refractivity contribution in [2.45, 2.75) is 58.8 Å². The summed E-state index contributed by atoms with van der Waals surface area (Å²) >= 11 is 0. The molecule has 4 aliphatic carbocycles. The first-order valence-corrected chi connectivity index (χ1v) is 9.43. The highest BCUT2D eigenvalue weighted by Crippen LogP contribution is 2.67. The molecule has 0 radical (unpaired) electrons. The smallest absolute Gasteiger partial charge is 0.156 e. The molecule has 4 aliphatic rings. The van der Waals surface area contributed by atoms with Gasteiger partial charge in [0, 0.05) is 6.42 Å². The summed E-state index contributed by atoms with van der Waals surface area (Å²) in [5.74, 6) is 2.37. The minimum Gasteiger partial charge on any atom is -0.515 e. The molecule has 0 aromatic carbocycles. The quantitative estimate of drug-likeness (QED) is 0.656. The largest absolute Gasteiger partial charge is 0.515 e. The first-order chi connectivity index (χ1) is 11.4. The van der Waals surface area contributed by atoms with E-state index in [1.807, 2.05) is 0 Å². The van der Waals surface area contributed by atoms with Crippen LogP contribution in [-0.4, -0.2) is 10.9 Å². The van der Waals surface area contributed by atoms with E-state index in [1.165, 1.54) is 6.26 Å². The molecule has 0 bridgehead atoms. The van der Waals surface area contributed by atoms with Gasteiger partial charge in [-0.25, -0.2) is 0 Å². The van der Waals surface area contributed by atoms with Gasteiger partial charge in [-0.2, -0.15) is 5.26 Å². The maximum atomic E-state index is 11.9. The number of aliphatic hydroxyl groups is 1. The van der Waals surface area contributed by atoms with Crippen molar-refractivity contribution in [1.29, 1.82) is 5.26 Å². The van der Waals surface area contributed by atoms with Gasteiger partial charge in [-0.1, -0.05) is 6.92 Å². The van der Waals surface area contributed by atoms with Crippen LogP contribution in [0.2, 0.25) is 0 Å². The van der Waals surface area contributed by atoms with Crippen molar-refractivity contribution < 1.29 is 9.90 Å². The zero-order valence-electron chi connectivity index (χ0n) is 14.7. The number of carbonyl (C=O) groups is 1. The van der Waals surface area contributed by atoms with Crippen LogP contribution >= 0.6 is 0 Å². The van der Waals surface area contributed by atoms with Gasteiger partial charge >= 0.3 is 0 Å². The lowest BCUT2D eigenvalue weighted by Gasteiger charge is -2.55. The van der Waals surface area contributed by atoms with Gasteiger partial charge in [0.15, 0.2) is 5.78 Å². The summed E-state index contributed by atoms with van der Waals surface area (Å²) in [5, 5.41) is 19.6. The molecule has 3 heteroatoms. The predicted molar refractivity (Wildman–Crippen MR) is 91.9 cm³/mol. The standard InChI is InChI=1S/C21H27NO2/c1-20(12-22)7-6-19-18-9-13(11-23)17-10-14(24)3-4-15(17)16(18)5-8-21(19,20)2/h10-11,15-16,18-19,23H,3-9H2,1-2H3/t15-,16-,18-,19+,20-,21+/m1/s1. The zero-order valence-corrected chi connectivity index (χ0v) is 14.7. The van der Waals surface area contributed by atoms with Gasteiger partial charge in [-0.15, -0.1) is 0 Å². The van der Waals surface area contributed by atoms with E-state index in [-0.39, 0.29) is 16.6 Å². The van der Waals surface area contributed by atoms with Crippen LogP contribution in [0.15, 0.2) is 23.5 Å². The van der Waals surface area contributed by atoms with Crippen molar-refractivity contribution in [1.82, 2.24) is 0 Å². The van der Waals surface area contributed by atoms with E-state index in [0.29, 0.717) is 30.1 Å². The van der Waals surface area contributed by atoms with Gasteiger partial charge in [-0.3, -0.25) is 4.79 Å². The van der Waals surface area contributed by atoms with Crippen LogP contribution in [0.5, 0.6) is 0 Å². The number of nitrogens with zero attached hydrogens (tertiary/aromatic N) is 1. The molecule has 1 N–H and O–H groups in total. The summed E-state index contributed by atoms with van der Waals surface area (Å²) in [6, 6.07) is 2.64. The Morgan fingerprint density at radius 1 is 1.25 bits per heavy atom. The van der Waals surface area contributed by atoms with Crippen molar-refractivity contribution in [3.05, 3.63) is 23.5 Å². The predicted octanol–water partition coefficient (Wildman–Crippen LogP) is 4.71. The van der Waals surface area contributed by atoms with Crippen LogP contribution in [0.1, 0.15) is 58.8 Å². The minimum absolute atomic E-state index is 0.0924. The molecule has 0 amide bonds. The van der Waals surface area contributed by atoms with Crippen molar-refractivity contribution in [2.24, 2.45) is 34.5 Å². The Kier molecular flexibility index (Phi) is 3.46. The highest BCUT2D eigenvalue weighted by Gasteiger charge is 2.61. The third-order valence-corrected chi connectivity index (χ3v) is 8.26. The van der Waals surface area contributed by atoms with E-state index in [9.17, 15) is 15.2 Å². The van der Waals surface area contributed by atoms with E-state index < -0.39 is 0 Å². The van der Waals surface area contributed by atoms with Crippen molar-refractivity contribution in [2.75, 3.05) is 0 Å². The fourth-order valence-electron chi connectivity index (χ4n) is 6.64. The molecule has 0 heterocycles. The first-order valence-electron chi connectivity index (χ1n) is 9.43. The molecular weight excluding hydrogens is 298 g/mol. The molecule has 0 spiro atoms. The number of hydrogen-bond acceptors (Lipinski definition) is 3. The van der Waals surface area contributed by atoms with Gasteiger partial charge in [0.2, 0.25) is 0 Å². The van der Waals surface area contributed by atoms with E-state index >= 15 is 0 Å². The zero-order chi connectivity index (χ0) is 17.1. The van der Waals surface area contributed by atoms with Crippen LogP contribution in [0, 0.1) is 45.8 Å². The molecule has 0 aliphatic heterocycles. The lowest BCUT2D eigenvalue weighted by Crippen LogP contribution is -2.49. The van der Waals surface area contributed by atoms with Crippen LogP contribution in [0.25, 0.3) is 0 Å². The number of fused-ring (bicyclic) bond motifs is 5. The van der Waals surface area contributed by atoms with Crippen molar-refractivity contribution in [3.8, 4) is 6.07 Å². The van der Waals surface area contributed by atoms with Gasteiger partial charge in [0.05, 0.1) is 17.7 Å². The van der Waals surface area contributed by atoms with E-state index in [2.05, 4.69) is 19.9 Å². The number of aliphatic hydroxyl groups excluding tert-OH is 1. The average molecular weight is 325 g/mol. The van der Waals surface area contributed by atoms with Gasteiger partial charge < -0.3 is 5.11 Å². The summed E-state index contributed by atoms with van der Waals surface area (Å²) in [5.41, 5.74) is 1.96. The third kappa shape index (κ3) is 1.92. The maximum Gasteiger partial charge on any atom is 0.156 e. The Morgan fingerprint density at radius 3 is 2.75 bits per heavy atom. The molecule has 128 valence electrons. The minimum atomic E-state index is -0.218. The van der Waals surface area contributed by atoms with Crippen LogP contribution < -0.4 is 0 Å². The Hall–Kier alpha value is -1.56. The molecule has 4 rings (SSSR count). The van der Waals surface area contributed by atoms with E-state index in [1.54, 1.807) is 6.08 Å². The van der Waals surface area contributed by atoms with Crippen molar-refractivity contribution >= 4 is 5.78 Å². The Balaban J connectivity index is 1.73. The summed E-state index contributed by atoms with van der Waals surface area (Å²) in [4.78, 5) is 11.9. The Labute approximate surface area is 144 Å². The molecule has 0 aromatic heterocycles. The van der Waals surface area contributed by atoms with E-state index in [0.717, 1.165) is 49.7 Å². The lowest BCUT2D eigenvalue weighted by molar-refractivity contribution is -0.115. The second kappa shape index (κ2) is 5.22. The number of rotatable bonds is 0. The molecule has 3 saturated carbocycles. The number of nitriles is 1. The summed E-state index contributed by atoms with van der Waals surface area (Å²) < 4.78 is 0. The van der Waals surface area contributed by atoms with Crippen LogP contribution in [-0.2, 0) is 4.79 Å². The Morgan fingerprint density at radius 2 is 2.04 bits per heavy atom. The second-order valence-corrected chi connectivity index (χ2v) is 8.94. The van der Waals surface area contributed by atoms with E-state index in [4.69, 9.17) is 0 Å².